The standard InChI is InChI=1S/C22H21NO3/c1-15(18-12-8-5-9-13-18)23-16(2)20(22(25)26-3)19(21(23)24)14-17-10-6-4-7-11-17/h4-15H,1-3H3/b19-14-/t15-/m1/s1. The van der Waals surface area contributed by atoms with E-state index in [4.69, 9.17) is 4.74 Å². The monoisotopic (exact) mass is 347 g/mol. The Balaban J connectivity index is 2.08. The summed E-state index contributed by atoms with van der Waals surface area (Å²) >= 11 is 0. The van der Waals surface area contributed by atoms with Crippen molar-refractivity contribution in [2.24, 2.45) is 0 Å². The van der Waals surface area contributed by atoms with Gasteiger partial charge in [0.25, 0.3) is 5.91 Å². The van der Waals surface area contributed by atoms with Gasteiger partial charge in [0.05, 0.1) is 24.3 Å². The molecule has 1 heterocycles. The van der Waals surface area contributed by atoms with Crippen molar-refractivity contribution in [2.75, 3.05) is 7.11 Å². The van der Waals surface area contributed by atoms with Crippen molar-refractivity contribution in [1.29, 1.82) is 0 Å². The number of esters is 1. The van der Waals surface area contributed by atoms with Crippen LogP contribution in [0.1, 0.15) is 31.0 Å². The molecule has 0 spiro atoms. The summed E-state index contributed by atoms with van der Waals surface area (Å²) in [6.45, 7) is 3.74. The summed E-state index contributed by atoms with van der Waals surface area (Å²) in [5.41, 5.74) is 3.16. The van der Waals surface area contributed by atoms with Crippen LogP contribution in [0.15, 0.2) is 77.5 Å². The third kappa shape index (κ3) is 3.18. The zero-order valence-electron chi connectivity index (χ0n) is 15.1. The fourth-order valence-corrected chi connectivity index (χ4v) is 3.26. The number of carbonyl (C=O) groups is 2. The van der Waals surface area contributed by atoms with Gasteiger partial charge in [-0.3, -0.25) is 4.79 Å². The third-order valence-corrected chi connectivity index (χ3v) is 4.61. The molecule has 0 saturated heterocycles. The summed E-state index contributed by atoms with van der Waals surface area (Å²) in [4.78, 5) is 27.2. The molecule has 2 aromatic rings. The minimum atomic E-state index is -0.499. The quantitative estimate of drug-likeness (QED) is 0.617. The predicted molar refractivity (Wildman–Crippen MR) is 101 cm³/mol. The first-order chi connectivity index (χ1) is 12.5. The van der Waals surface area contributed by atoms with Gasteiger partial charge in [-0.1, -0.05) is 60.7 Å². The number of rotatable bonds is 4. The number of methoxy groups -OCH3 is 1. The number of ether oxygens (including phenoxy) is 1. The highest BCUT2D eigenvalue weighted by atomic mass is 16.5. The smallest absolute Gasteiger partial charge is 0.340 e. The predicted octanol–water partition coefficient (Wildman–Crippen LogP) is 4.12. The molecule has 0 aromatic heterocycles. The Kier molecular flexibility index (Phi) is 5.03. The van der Waals surface area contributed by atoms with Crippen LogP contribution < -0.4 is 0 Å². The maximum absolute atomic E-state index is 13.2. The lowest BCUT2D eigenvalue weighted by atomic mass is 10.0. The Morgan fingerprint density at radius 3 is 2.19 bits per heavy atom. The van der Waals surface area contributed by atoms with Crippen LogP contribution in [0.3, 0.4) is 0 Å². The molecular weight excluding hydrogens is 326 g/mol. The van der Waals surface area contributed by atoms with Gasteiger partial charge >= 0.3 is 5.97 Å². The summed E-state index contributed by atoms with van der Waals surface area (Å²) in [5, 5.41) is 0. The number of carbonyl (C=O) groups excluding carboxylic acids is 2. The van der Waals surface area contributed by atoms with Crippen molar-refractivity contribution in [3.8, 4) is 0 Å². The SMILES string of the molecule is COC(=O)C1=C(C)N([C@H](C)c2ccccc2)C(=O)/C1=C\c1ccccc1. The van der Waals surface area contributed by atoms with E-state index in [2.05, 4.69) is 0 Å². The molecule has 2 aromatic carbocycles. The van der Waals surface area contributed by atoms with Gasteiger partial charge < -0.3 is 9.64 Å². The topological polar surface area (TPSA) is 46.6 Å². The van der Waals surface area contributed by atoms with Crippen molar-refractivity contribution >= 4 is 18.0 Å². The fraction of sp³-hybridized carbons (Fsp3) is 0.182. The molecule has 4 heteroatoms. The van der Waals surface area contributed by atoms with Gasteiger partial charge in [0.2, 0.25) is 0 Å². The van der Waals surface area contributed by atoms with Crippen LogP contribution in [0, 0.1) is 0 Å². The lowest BCUT2D eigenvalue weighted by Crippen LogP contribution is -2.28. The molecule has 0 N–H and O–H groups in total. The lowest BCUT2D eigenvalue weighted by molar-refractivity contribution is -0.136. The molecule has 0 saturated carbocycles. The summed E-state index contributed by atoms with van der Waals surface area (Å²) in [5.74, 6) is -0.691. The first-order valence-corrected chi connectivity index (χ1v) is 8.49. The maximum Gasteiger partial charge on any atom is 0.340 e. The molecule has 0 radical (unpaired) electrons. The van der Waals surface area contributed by atoms with Crippen LogP contribution in [0.2, 0.25) is 0 Å². The summed E-state index contributed by atoms with van der Waals surface area (Å²) in [7, 11) is 1.33. The molecule has 3 rings (SSSR count). The van der Waals surface area contributed by atoms with Crippen molar-refractivity contribution in [1.82, 2.24) is 4.90 Å². The number of amides is 1. The highest BCUT2D eigenvalue weighted by molar-refractivity contribution is 6.16. The first-order valence-electron chi connectivity index (χ1n) is 8.49. The number of nitrogens with zero attached hydrogens (tertiary/aromatic N) is 1. The minimum Gasteiger partial charge on any atom is -0.465 e. The highest BCUT2D eigenvalue weighted by Crippen LogP contribution is 2.37. The van der Waals surface area contributed by atoms with Gasteiger partial charge in [0.1, 0.15) is 0 Å². The van der Waals surface area contributed by atoms with E-state index in [1.165, 1.54) is 7.11 Å². The highest BCUT2D eigenvalue weighted by Gasteiger charge is 2.39. The van der Waals surface area contributed by atoms with Crippen LogP contribution in [0.4, 0.5) is 0 Å². The van der Waals surface area contributed by atoms with Gasteiger partial charge in [-0.05, 0) is 31.1 Å². The van der Waals surface area contributed by atoms with Crippen LogP contribution in [-0.4, -0.2) is 23.9 Å². The normalized spacial score (nSPS) is 17.0. The van der Waals surface area contributed by atoms with Gasteiger partial charge in [-0.15, -0.1) is 0 Å². The molecule has 1 aliphatic heterocycles. The lowest BCUT2D eigenvalue weighted by Gasteiger charge is -2.26. The number of hydrogen-bond acceptors (Lipinski definition) is 3. The minimum absolute atomic E-state index is 0.190. The van der Waals surface area contributed by atoms with E-state index < -0.39 is 5.97 Å². The summed E-state index contributed by atoms with van der Waals surface area (Å²) < 4.78 is 4.94. The van der Waals surface area contributed by atoms with Crippen molar-refractivity contribution in [3.05, 3.63) is 88.6 Å². The molecular formula is C22H21NO3. The molecule has 132 valence electrons. The Labute approximate surface area is 153 Å². The molecule has 0 unspecified atom stereocenters. The molecule has 26 heavy (non-hydrogen) atoms. The second-order valence-electron chi connectivity index (χ2n) is 6.18. The van der Waals surface area contributed by atoms with Crippen molar-refractivity contribution in [3.63, 3.8) is 0 Å². The maximum atomic E-state index is 13.2. The van der Waals surface area contributed by atoms with Crippen LogP contribution in [0.25, 0.3) is 6.08 Å². The second-order valence-corrected chi connectivity index (χ2v) is 6.18. The van der Waals surface area contributed by atoms with Crippen LogP contribution in [-0.2, 0) is 14.3 Å². The summed E-state index contributed by atoms with van der Waals surface area (Å²) in [6.07, 6.45) is 1.75. The van der Waals surface area contributed by atoms with Gasteiger partial charge in [0, 0.05) is 5.70 Å². The molecule has 0 aliphatic carbocycles. The average molecular weight is 347 g/mol. The van der Waals surface area contributed by atoms with E-state index in [9.17, 15) is 9.59 Å². The van der Waals surface area contributed by atoms with E-state index in [1.54, 1.807) is 17.9 Å². The van der Waals surface area contributed by atoms with E-state index in [0.717, 1.165) is 11.1 Å². The zero-order chi connectivity index (χ0) is 18.7. The van der Waals surface area contributed by atoms with E-state index in [-0.39, 0.29) is 11.9 Å². The average Bonchev–Trinajstić information content (AvgIpc) is 2.92. The van der Waals surface area contributed by atoms with Crippen LogP contribution in [0.5, 0.6) is 0 Å². The van der Waals surface area contributed by atoms with E-state index >= 15 is 0 Å². The van der Waals surface area contributed by atoms with Gasteiger partial charge in [-0.2, -0.15) is 0 Å². The van der Waals surface area contributed by atoms with Gasteiger partial charge in [0.15, 0.2) is 0 Å². The number of hydrogen-bond donors (Lipinski definition) is 0. The van der Waals surface area contributed by atoms with Crippen molar-refractivity contribution in [2.45, 2.75) is 19.9 Å². The zero-order valence-corrected chi connectivity index (χ0v) is 15.1. The van der Waals surface area contributed by atoms with E-state index in [1.807, 2.05) is 67.6 Å². The van der Waals surface area contributed by atoms with Gasteiger partial charge in [-0.25, -0.2) is 4.79 Å². The molecule has 0 bridgehead atoms. The van der Waals surface area contributed by atoms with E-state index in [0.29, 0.717) is 16.8 Å². The Hall–Kier alpha value is -3.14. The Morgan fingerprint density at radius 2 is 1.62 bits per heavy atom. The fourth-order valence-electron chi connectivity index (χ4n) is 3.26. The third-order valence-electron chi connectivity index (χ3n) is 4.61. The molecule has 1 atom stereocenters. The molecule has 4 nitrogen and oxygen atoms in total. The summed E-state index contributed by atoms with van der Waals surface area (Å²) in [6, 6.07) is 19.1. The van der Waals surface area contributed by atoms with Crippen LogP contribution >= 0.6 is 0 Å². The second kappa shape index (κ2) is 7.40. The van der Waals surface area contributed by atoms with Crippen molar-refractivity contribution < 1.29 is 14.3 Å². The molecule has 1 aliphatic rings. The molecule has 1 amide bonds. The number of allylic oxidation sites excluding steroid dienone is 1. The Morgan fingerprint density at radius 1 is 1.04 bits per heavy atom. The first kappa shape index (κ1) is 17.7. The molecule has 0 fully saturated rings. The number of benzene rings is 2. The Bertz CT molecular complexity index is 882. The largest absolute Gasteiger partial charge is 0.465 e.